The van der Waals surface area contributed by atoms with Crippen LogP contribution in [0.3, 0.4) is 0 Å². The van der Waals surface area contributed by atoms with Crippen molar-refractivity contribution < 1.29 is 9.53 Å². The van der Waals surface area contributed by atoms with Crippen LogP contribution < -0.4 is 0 Å². The van der Waals surface area contributed by atoms with Crippen molar-refractivity contribution in [2.75, 3.05) is 0 Å². The number of allylic oxidation sites excluding steroid dienone is 1. The zero-order valence-corrected chi connectivity index (χ0v) is 10.1. The summed E-state index contributed by atoms with van der Waals surface area (Å²) in [6, 6.07) is 9.94. The van der Waals surface area contributed by atoms with Crippen LogP contribution in [0.5, 0.6) is 0 Å². The monoisotopic (exact) mass is 218 g/mol. The Hall–Kier alpha value is -1.57. The zero-order chi connectivity index (χ0) is 12.0. The van der Waals surface area contributed by atoms with Crippen LogP contribution in [0, 0.1) is 0 Å². The maximum Gasteiger partial charge on any atom is 0.161 e. The third-order valence-corrected chi connectivity index (χ3v) is 2.48. The van der Waals surface area contributed by atoms with Gasteiger partial charge in [-0.05, 0) is 19.4 Å². The van der Waals surface area contributed by atoms with E-state index in [1.54, 1.807) is 13.2 Å². The first-order chi connectivity index (χ1) is 7.65. The van der Waals surface area contributed by atoms with E-state index in [0.29, 0.717) is 12.0 Å². The van der Waals surface area contributed by atoms with Gasteiger partial charge in [-0.2, -0.15) is 0 Å². The molecule has 1 aromatic carbocycles. The van der Waals surface area contributed by atoms with E-state index < -0.39 is 0 Å². The van der Waals surface area contributed by atoms with Crippen LogP contribution in [-0.2, 0) is 9.53 Å². The van der Waals surface area contributed by atoms with Crippen LogP contribution in [-0.4, -0.2) is 5.78 Å². The van der Waals surface area contributed by atoms with Gasteiger partial charge in [-0.15, -0.1) is 0 Å². The van der Waals surface area contributed by atoms with Gasteiger partial charge in [0.05, 0.1) is 6.26 Å². The summed E-state index contributed by atoms with van der Waals surface area (Å²) in [6.07, 6.45) is 2.05. The summed E-state index contributed by atoms with van der Waals surface area (Å²) in [5.41, 5.74) is 1.78. The molecule has 0 saturated carbocycles. The Morgan fingerprint density at radius 1 is 1.38 bits per heavy atom. The molecule has 0 aliphatic carbocycles. The van der Waals surface area contributed by atoms with Crippen molar-refractivity contribution in [3.8, 4) is 0 Å². The predicted octanol–water partition coefficient (Wildman–Crippen LogP) is 3.65. The molecule has 0 saturated heterocycles. The number of ether oxygens (including phenoxy) is 1. The first-order valence-electron chi connectivity index (χ1n) is 5.55. The molecule has 1 aromatic rings. The molecule has 0 heterocycles. The van der Waals surface area contributed by atoms with Gasteiger partial charge in [-0.25, -0.2) is 0 Å². The fraction of sp³-hybridized carbons (Fsp3) is 0.357. The zero-order valence-electron chi connectivity index (χ0n) is 10.1. The maximum absolute atomic E-state index is 11.3. The molecular weight excluding hydrogens is 200 g/mol. The lowest BCUT2D eigenvalue weighted by atomic mass is 10.1. The number of ketones is 1. The summed E-state index contributed by atoms with van der Waals surface area (Å²) in [5.74, 6) is 0.125. The summed E-state index contributed by atoms with van der Waals surface area (Å²) in [5, 5.41) is 0. The fourth-order valence-electron chi connectivity index (χ4n) is 1.35. The van der Waals surface area contributed by atoms with Gasteiger partial charge in [0.25, 0.3) is 0 Å². The molecule has 1 atom stereocenters. The number of rotatable bonds is 5. The minimum Gasteiger partial charge on any atom is -0.493 e. The molecule has 0 bridgehead atoms. The van der Waals surface area contributed by atoms with E-state index in [-0.39, 0.29) is 11.9 Å². The second kappa shape index (κ2) is 6.11. The summed E-state index contributed by atoms with van der Waals surface area (Å²) in [6.45, 7) is 5.60. The largest absolute Gasteiger partial charge is 0.493 e. The molecular formula is C14H18O2. The molecule has 0 radical (unpaired) electrons. The van der Waals surface area contributed by atoms with Crippen LogP contribution in [0.4, 0.5) is 0 Å². The van der Waals surface area contributed by atoms with Crippen molar-refractivity contribution in [2.24, 2.45) is 0 Å². The van der Waals surface area contributed by atoms with Crippen molar-refractivity contribution in [2.45, 2.75) is 33.3 Å². The minimum absolute atomic E-state index is 0.0270. The van der Waals surface area contributed by atoms with E-state index >= 15 is 0 Å². The van der Waals surface area contributed by atoms with E-state index in [9.17, 15) is 4.79 Å². The number of Topliss-reactive ketones (excluding diaryl/α,β-unsaturated/α-hetero) is 1. The smallest absolute Gasteiger partial charge is 0.161 e. The van der Waals surface area contributed by atoms with E-state index in [2.05, 4.69) is 0 Å². The Labute approximate surface area is 96.9 Å². The van der Waals surface area contributed by atoms with Gasteiger partial charge < -0.3 is 4.74 Å². The molecule has 0 spiro atoms. The van der Waals surface area contributed by atoms with Crippen LogP contribution in [0.15, 0.2) is 42.2 Å². The van der Waals surface area contributed by atoms with Gasteiger partial charge in [-0.3, -0.25) is 4.79 Å². The number of carbonyl (C=O) groups excluding carboxylic acids is 1. The van der Waals surface area contributed by atoms with Crippen LogP contribution in [0.1, 0.15) is 38.9 Å². The maximum atomic E-state index is 11.3. The molecule has 0 amide bonds. The number of carbonyl (C=O) groups is 1. The van der Waals surface area contributed by atoms with E-state index in [4.69, 9.17) is 4.74 Å². The lowest BCUT2D eigenvalue weighted by molar-refractivity contribution is -0.115. The average molecular weight is 218 g/mol. The van der Waals surface area contributed by atoms with Crippen molar-refractivity contribution in [1.82, 2.24) is 0 Å². The van der Waals surface area contributed by atoms with Crippen molar-refractivity contribution in [1.29, 1.82) is 0 Å². The highest BCUT2D eigenvalue weighted by molar-refractivity contribution is 5.94. The second-order valence-corrected chi connectivity index (χ2v) is 3.77. The summed E-state index contributed by atoms with van der Waals surface area (Å²) >= 11 is 0. The van der Waals surface area contributed by atoms with Gasteiger partial charge in [0.1, 0.15) is 6.10 Å². The van der Waals surface area contributed by atoms with Gasteiger partial charge in [0.15, 0.2) is 5.78 Å². The Balaban J connectivity index is 2.59. The Morgan fingerprint density at radius 2 is 2.00 bits per heavy atom. The summed E-state index contributed by atoms with van der Waals surface area (Å²) in [4.78, 5) is 11.3. The highest BCUT2D eigenvalue weighted by atomic mass is 16.5. The van der Waals surface area contributed by atoms with Gasteiger partial charge in [-0.1, -0.05) is 37.3 Å². The normalized spacial score (nSPS) is 13.3. The molecule has 1 rings (SSSR count). The van der Waals surface area contributed by atoms with Crippen molar-refractivity contribution >= 4 is 5.78 Å². The van der Waals surface area contributed by atoms with Crippen molar-refractivity contribution in [3.63, 3.8) is 0 Å². The number of hydrogen-bond acceptors (Lipinski definition) is 2. The molecule has 86 valence electrons. The van der Waals surface area contributed by atoms with Gasteiger partial charge >= 0.3 is 0 Å². The first kappa shape index (κ1) is 12.5. The summed E-state index contributed by atoms with van der Waals surface area (Å²) < 4.78 is 5.53. The van der Waals surface area contributed by atoms with Gasteiger partial charge in [0.2, 0.25) is 0 Å². The third kappa shape index (κ3) is 3.54. The molecule has 0 N–H and O–H groups in total. The SMILES string of the molecule is CCC(=O)/C(C)=C/O[C@@H](C)c1ccccc1. The molecule has 0 unspecified atom stereocenters. The van der Waals surface area contributed by atoms with E-state index in [1.165, 1.54) is 0 Å². The van der Waals surface area contributed by atoms with Crippen LogP contribution >= 0.6 is 0 Å². The standard InChI is InChI=1S/C14H18O2/c1-4-14(15)11(2)10-16-12(3)13-8-6-5-7-9-13/h5-10,12H,4H2,1-3H3/b11-10+/t12-/m0/s1. The lowest BCUT2D eigenvalue weighted by Crippen LogP contribution is -2.00. The van der Waals surface area contributed by atoms with Crippen molar-refractivity contribution in [3.05, 3.63) is 47.7 Å². The molecule has 0 aliphatic rings. The average Bonchev–Trinajstić information content (AvgIpc) is 2.35. The first-order valence-corrected chi connectivity index (χ1v) is 5.55. The summed E-state index contributed by atoms with van der Waals surface area (Å²) in [7, 11) is 0. The Morgan fingerprint density at radius 3 is 2.56 bits per heavy atom. The quantitative estimate of drug-likeness (QED) is 0.557. The lowest BCUT2D eigenvalue weighted by Gasteiger charge is -2.12. The minimum atomic E-state index is -0.0270. The molecule has 2 heteroatoms. The predicted molar refractivity (Wildman–Crippen MR) is 65.0 cm³/mol. The third-order valence-electron chi connectivity index (χ3n) is 2.48. The Bertz CT molecular complexity index is 366. The number of hydrogen-bond donors (Lipinski definition) is 0. The molecule has 0 aliphatic heterocycles. The Kier molecular flexibility index (Phi) is 4.77. The molecule has 16 heavy (non-hydrogen) atoms. The number of benzene rings is 1. The highest BCUT2D eigenvalue weighted by Gasteiger charge is 2.05. The fourth-order valence-corrected chi connectivity index (χ4v) is 1.35. The van der Waals surface area contributed by atoms with E-state index in [0.717, 1.165) is 5.56 Å². The molecule has 2 nitrogen and oxygen atoms in total. The topological polar surface area (TPSA) is 26.3 Å². The highest BCUT2D eigenvalue weighted by Crippen LogP contribution is 2.17. The van der Waals surface area contributed by atoms with Crippen LogP contribution in [0.2, 0.25) is 0 Å². The molecule has 0 aromatic heterocycles. The van der Waals surface area contributed by atoms with Gasteiger partial charge in [0, 0.05) is 12.0 Å². The van der Waals surface area contributed by atoms with Crippen LogP contribution in [0.25, 0.3) is 0 Å². The molecule has 0 fully saturated rings. The van der Waals surface area contributed by atoms with E-state index in [1.807, 2.05) is 44.2 Å². The second-order valence-electron chi connectivity index (χ2n) is 3.77.